The van der Waals surface area contributed by atoms with Crippen molar-refractivity contribution in [1.29, 1.82) is 0 Å². The molecule has 0 bridgehead atoms. The molecule has 0 radical (unpaired) electrons. The van der Waals surface area contributed by atoms with E-state index in [0.717, 1.165) is 11.6 Å². The van der Waals surface area contributed by atoms with Crippen molar-refractivity contribution in [2.75, 3.05) is 21.7 Å². The van der Waals surface area contributed by atoms with Gasteiger partial charge < -0.3 is 21.7 Å². The van der Waals surface area contributed by atoms with Gasteiger partial charge in [-0.1, -0.05) is 23.8 Å². The largest absolute Gasteiger partial charge is 0.399 e. The van der Waals surface area contributed by atoms with Crippen LogP contribution in [0, 0.1) is 12.7 Å². The molecule has 0 unspecified atom stereocenters. The summed E-state index contributed by atoms with van der Waals surface area (Å²) in [6, 6.07) is 17.9. The highest BCUT2D eigenvalue weighted by atomic mass is 19.1. The van der Waals surface area contributed by atoms with Crippen LogP contribution in [0.4, 0.5) is 33.1 Å². The van der Waals surface area contributed by atoms with Gasteiger partial charge in [-0.2, -0.15) is 0 Å². The molecule has 8 nitrogen and oxygen atoms in total. The zero-order valence-corrected chi connectivity index (χ0v) is 18.2. The number of nitrogen functional groups attached to an aromatic ring is 1. The molecule has 0 aliphatic rings. The molecule has 3 aromatic carbocycles. The predicted octanol–water partition coefficient (Wildman–Crippen LogP) is 4.75. The first kappa shape index (κ1) is 22.4. The summed E-state index contributed by atoms with van der Waals surface area (Å²) in [5.74, 6) is -1.50. The molecule has 1 aromatic heterocycles. The second-order valence-electron chi connectivity index (χ2n) is 7.52. The summed E-state index contributed by atoms with van der Waals surface area (Å²) in [6.45, 7) is 1.88. The third-order valence-corrected chi connectivity index (χ3v) is 4.80. The molecule has 0 saturated heterocycles. The van der Waals surface area contributed by atoms with Crippen LogP contribution in [-0.2, 0) is 0 Å². The van der Waals surface area contributed by atoms with Crippen LogP contribution in [0.5, 0.6) is 0 Å². The van der Waals surface area contributed by atoms with E-state index >= 15 is 0 Å². The Balaban J connectivity index is 1.44. The third kappa shape index (κ3) is 5.52. The Bertz CT molecular complexity index is 1360. The minimum Gasteiger partial charge on any atom is -0.399 e. The number of aromatic nitrogens is 2. The van der Waals surface area contributed by atoms with E-state index in [2.05, 4.69) is 25.9 Å². The Morgan fingerprint density at radius 3 is 2.29 bits per heavy atom. The fraction of sp³-hybridized carbons (Fsp3) is 0.0400. The molecule has 0 atom stereocenters. The SMILES string of the molecule is Cc1cccc(C(=O)Nc2ccc(F)c(C(=O)Nc3cnc(Nc4cccc(N)c4)nc3)c2)c1. The maximum Gasteiger partial charge on any atom is 0.258 e. The Kier molecular flexibility index (Phi) is 6.45. The van der Waals surface area contributed by atoms with E-state index in [0.29, 0.717) is 22.9 Å². The smallest absolute Gasteiger partial charge is 0.258 e. The van der Waals surface area contributed by atoms with Gasteiger partial charge in [-0.05, 0) is 55.5 Å². The van der Waals surface area contributed by atoms with Crippen molar-refractivity contribution in [2.45, 2.75) is 6.92 Å². The van der Waals surface area contributed by atoms with E-state index in [1.165, 1.54) is 24.5 Å². The number of nitrogens with zero attached hydrogens (tertiary/aromatic N) is 2. The highest BCUT2D eigenvalue weighted by molar-refractivity contribution is 6.07. The summed E-state index contributed by atoms with van der Waals surface area (Å²) in [5.41, 5.74) is 8.77. The number of hydrogen-bond donors (Lipinski definition) is 4. The number of hydrogen-bond acceptors (Lipinski definition) is 6. The first-order chi connectivity index (χ1) is 16.4. The summed E-state index contributed by atoms with van der Waals surface area (Å²) in [6.07, 6.45) is 2.78. The van der Waals surface area contributed by atoms with Gasteiger partial charge >= 0.3 is 0 Å². The summed E-state index contributed by atoms with van der Waals surface area (Å²) in [5, 5.41) is 8.23. The molecule has 0 aliphatic heterocycles. The monoisotopic (exact) mass is 456 g/mol. The maximum atomic E-state index is 14.4. The van der Waals surface area contributed by atoms with Gasteiger partial charge in [-0.15, -0.1) is 0 Å². The number of carbonyl (C=O) groups excluding carboxylic acids is 2. The lowest BCUT2D eigenvalue weighted by atomic mass is 10.1. The van der Waals surface area contributed by atoms with Gasteiger partial charge in [-0.25, -0.2) is 14.4 Å². The van der Waals surface area contributed by atoms with E-state index in [1.807, 2.05) is 19.1 Å². The molecule has 9 heteroatoms. The number of amides is 2. The zero-order chi connectivity index (χ0) is 24.1. The maximum absolute atomic E-state index is 14.4. The van der Waals surface area contributed by atoms with Crippen molar-refractivity contribution in [3.63, 3.8) is 0 Å². The van der Waals surface area contributed by atoms with Crippen LogP contribution in [-0.4, -0.2) is 21.8 Å². The van der Waals surface area contributed by atoms with Crippen molar-refractivity contribution in [3.05, 3.63) is 102 Å². The number of nitrogens with one attached hydrogen (secondary N) is 3. The molecule has 34 heavy (non-hydrogen) atoms. The molecule has 0 spiro atoms. The van der Waals surface area contributed by atoms with Crippen LogP contribution in [0.15, 0.2) is 79.1 Å². The van der Waals surface area contributed by atoms with Crippen LogP contribution in [0.3, 0.4) is 0 Å². The Labute approximate surface area is 195 Å². The van der Waals surface area contributed by atoms with Gasteiger partial charge in [0.25, 0.3) is 11.8 Å². The molecule has 4 rings (SSSR count). The number of halogens is 1. The zero-order valence-electron chi connectivity index (χ0n) is 18.2. The molecular formula is C25H21FN6O2. The second-order valence-corrected chi connectivity index (χ2v) is 7.52. The van der Waals surface area contributed by atoms with Crippen molar-refractivity contribution in [1.82, 2.24) is 9.97 Å². The van der Waals surface area contributed by atoms with Gasteiger partial charge in [0, 0.05) is 22.6 Å². The van der Waals surface area contributed by atoms with E-state index in [9.17, 15) is 14.0 Å². The van der Waals surface area contributed by atoms with Gasteiger partial charge in [0.15, 0.2) is 0 Å². The first-order valence-electron chi connectivity index (χ1n) is 10.3. The molecule has 4 aromatic rings. The summed E-state index contributed by atoms with van der Waals surface area (Å²) in [4.78, 5) is 33.4. The molecule has 0 fully saturated rings. The highest BCUT2D eigenvalue weighted by Gasteiger charge is 2.15. The molecule has 1 heterocycles. The number of benzene rings is 3. The Hall–Kier alpha value is -4.79. The fourth-order valence-corrected chi connectivity index (χ4v) is 3.17. The third-order valence-electron chi connectivity index (χ3n) is 4.80. The minimum atomic E-state index is -0.730. The van der Waals surface area contributed by atoms with Gasteiger partial charge in [0.2, 0.25) is 5.95 Å². The predicted molar refractivity (Wildman–Crippen MR) is 130 cm³/mol. The molecule has 5 N–H and O–H groups in total. The molecule has 2 amide bonds. The van der Waals surface area contributed by atoms with Gasteiger partial charge in [0.05, 0.1) is 23.6 Å². The number of rotatable bonds is 6. The Morgan fingerprint density at radius 1 is 0.824 bits per heavy atom. The van der Waals surface area contributed by atoms with Crippen LogP contribution in [0.1, 0.15) is 26.3 Å². The van der Waals surface area contributed by atoms with Crippen LogP contribution in [0.25, 0.3) is 0 Å². The molecule has 0 saturated carbocycles. The highest BCUT2D eigenvalue weighted by Crippen LogP contribution is 2.19. The molecule has 170 valence electrons. The average molecular weight is 456 g/mol. The average Bonchev–Trinajstić information content (AvgIpc) is 2.81. The van der Waals surface area contributed by atoms with Crippen LogP contribution in [0.2, 0.25) is 0 Å². The second kappa shape index (κ2) is 9.78. The topological polar surface area (TPSA) is 122 Å². The Morgan fingerprint density at radius 2 is 1.56 bits per heavy atom. The van der Waals surface area contributed by atoms with Gasteiger partial charge in [-0.3, -0.25) is 9.59 Å². The number of anilines is 5. The van der Waals surface area contributed by atoms with Crippen molar-refractivity contribution in [2.24, 2.45) is 0 Å². The molecular weight excluding hydrogens is 435 g/mol. The minimum absolute atomic E-state index is 0.232. The van der Waals surface area contributed by atoms with E-state index < -0.39 is 11.7 Å². The lowest BCUT2D eigenvalue weighted by molar-refractivity contribution is 0.101. The summed E-state index contributed by atoms with van der Waals surface area (Å²) >= 11 is 0. The fourth-order valence-electron chi connectivity index (χ4n) is 3.17. The molecule has 0 aliphatic carbocycles. The number of nitrogens with two attached hydrogens (primary N) is 1. The van der Waals surface area contributed by atoms with Crippen molar-refractivity contribution in [3.8, 4) is 0 Å². The summed E-state index contributed by atoms with van der Waals surface area (Å²) in [7, 11) is 0. The lowest BCUT2D eigenvalue weighted by Gasteiger charge is -2.10. The summed E-state index contributed by atoms with van der Waals surface area (Å²) < 4.78 is 14.4. The lowest BCUT2D eigenvalue weighted by Crippen LogP contribution is -2.16. The first-order valence-corrected chi connectivity index (χ1v) is 10.3. The standard InChI is InChI=1S/C25H21FN6O2/c1-15-4-2-5-16(10-15)23(33)30-19-8-9-22(26)21(12-19)24(34)31-20-13-28-25(29-14-20)32-18-7-3-6-17(27)11-18/h2-14H,27H2,1H3,(H,30,33)(H,31,34)(H,28,29,32). The van der Waals surface area contributed by atoms with E-state index in [1.54, 1.807) is 36.4 Å². The van der Waals surface area contributed by atoms with Crippen molar-refractivity contribution < 1.29 is 14.0 Å². The normalized spacial score (nSPS) is 10.4. The quantitative estimate of drug-likeness (QED) is 0.311. The number of carbonyl (C=O) groups is 2. The number of aryl methyl sites for hydroxylation is 1. The van der Waals surface area contributed by atoms with Crippen LogP contribution < -0.4 is 21.7 Å². The van der Waals surface area contributed by atoms with Crippen LogP contribution >= 0.6 is 0 Å². The van der Waals surface area contributed by atoms with E-state index in [-0.39, 0.29) is 22.8 Å². The van der Waals surface area contributed by atoms with E-state index in [4.69, 9.17) is 5.73 Å². The van der Waals surface area contributed by atoms with Crippen molar-refractivity contribution >= 4 is 40.5 Å². The van der Waals surface area contributed by atoms with Gasteiger partial charge in [0.1, 0.15) is 5.82 Å².